The van der Waals surface area contributed by atoms with Crippen LogP contribution in [0.5, 0.6) is 0 Å². The van der Waals surface area contributed by atoms with Crippen molar-refractivity contribution in [2.45, 2.75) is 58.4 Å². The van der Waals surface area contributed by atoms with Crippen LogP contribution in [0.4, 0.5) is 0 Å². The number of amides is 1. The second-order valence-corrected chi connectivity index (χ2v) is 7.00. The summed E-state index contributed by atoms with van der Waals surface area (Å²) < 4.78 is 0. The molecule has 3 nitrogen and oxygen atoms in total. The minimum Gasteiger partial charge on any atom is -0.338 e. The molecule has 2 N–H and O–H groups in total. The SMILES string of the molecule is CC1CCN(C(=O)CCc2ccc(C(C)C)cc2)C(CN)C1.Cl. The topological polar surface area (TPSA) is 46.3 Å². The van der Waals surface area contributed by atoms with Crippen LogP contribution in [0.2, 0.25) is 0 Å². The quantitative estimate of drug-likeness (QED) is 0.888. The molecular formula is C19H31ClN2O. The number of rotatable bonds is 5. The molecule has 2 unspecified atom stereocenters. The second-order valence-electron chi connectivity index (χ2n) is 7.00. The van der Waals surface area contributed by atoms with Gasteiger partial charge in [-0.3, -0.25) is 4.79 Å². The summed E-state index contributed by atoms with van der Waals surface area (Å²) in [5.74, 6) is 1.49. The van der Waals surface area contributed by atoms with Gasteiger partial charge in [0.15, 0.2) is 0 Å². The molecule has 23 heavy (non-hydrogen) atoms. The zero-order valence-corrected chi connectivity index (χ0v) is 15.4. The van der Waals surface area contributed by atoms with Crippen molar-refractivity contribution in [2.24, 2.45) is 11.7 Å². The van der Waals surface area contributed by atoms with Gasteiger partial charge in [-0.05, 0) is 42.2 Å². The molecule has 0 saturated carbocycles. The fourth-order valence-electron chi connectivity index (χ4n) is 3.27. The summed E-state index contributed by atoms with van der Waals surface area (Å²) in [5.41, 5.74) is 8.45. The van der Waals surface area contributed by atoms with E-state index < -0.39 is 0 Å². The van der Waals surface area contributed by atoms with Crippen molar-refractivity contribution in [2.75, 3.05) is 13.1 Å². The molecule has 0 aromatic heterocycles. The molecular weight excluding hydrogens is 308 g/mol. The fraction of sp³-hybridized carbons (Fsp3) is 0.632. The molecule has 2 atom stereocenters. The Labute approximate surface area is 147 Å². The van der Waals surface area contributed by atoms with E-state index >= 15 is 0 Å². The highest BCUT2D eigenvalue weighted by atomic mass is 35.5. The molecule has 1 amide bonds. The lowest BCUT2D eigenvalue weighted by Gasteiger charge is -2.38. The van der Waals surface area contributed by atoms with Crippen LogP contribution < -0.4 is 5.73 Å². The summed E-state index contributed by atoms with van der Waals surface area (Å²) in [5, 5.41) is 0. The number of likely N-dealkylation sites (tertiary alicyclic amines) is 1. The first-order valence-electron chi connectivity index (χ1n) is 8.59. The van der Waals surface area contributed by atoms with Crippen LogP contribution in [0.1, 0.15) is 57.1 Å². The zero-order chi connectivity index (χ0) is 16.1. The maximum Gasteiger partial charge on any atom is 0.223 e. The van der Waals surface area contributed by atoms with E-state index in [0.29, 0.717) is 24.8 Å². The molecule has 2 rings (SSSR count). The number of nitrogens with two attached hydrogens (primary N) is 1. The van der Waals surface area contributed by atoms with Crippen LogP contribution in [-0.4, -0.2) is 29.9 Å². The molecule has 4 heteroatoms. The van der Waals surface area contributed by atoms with E-state index in [1.165, 1.54) is 11.1 Å². The molecule has 0 bridgehead atoms. The number of carbonyl (C=O) groups excluding carboxylic acids is 1. The van der Waals surface area contributed by atoms with Crippen LogP contribution in [0, 0.1) is 5.92 Å². The van der Waals surface area contributed by atoms with E-state index in [-0.39, 0.29) is 24.4 Å². The van der Waals surface area contributed by atoms with Gasteiger partial charge in [0.25, 0.3) is 0 Å². The Balaban J connectivity index is 0.00000264. The van der Waals surface area contributed by atoms with E-state index in [1.807, 2.05) is 4.90 Å². The summed E-state index contributed by atoms with van der Waals surface area (Å²) in [7, 11) is 0. The first kappa shape index (κ1) is 20.0. The minimum absolute atomic E-state index is 0. The van der Waals surface area contributed by atoms with Crippen molar-refractivity contribution in [1.29, 1.82) is 0 Å². The van der Waals surface area contributed by atoms with E-state index in [9.17, 15) is 4.79 Å². The van der Waals surface area contributed by atoms with Crippen molar-refractivity contribution < 1.29 is 4.79 Å². The van der Waals surface area contributed by atoms with Crippen LogP contribution in [-0.2, 0) is 11.2 Å². The maximum atomic E-state index is 12.5. The molecule has 1 saturated heterocycles. The Morgan fingerprint density at radius 1 is 1.30 bits per heavy atom. The molecule has 0 radical (unpaired) electrons. The lowest BCUT2D eigenvalue weighted by Crippen LogP contribution is -2.49. The van der Waals surface area contributed by atoms with Crippen molar-refractivity contribution >= 4 is 18.3 Å². The monoisotopic (exact) mass is 338 g/mol. The largest absolute Gasteiger partial charge is 0.338 e. The number of benzene rings is 1. The van der Waals surface area contributed by atoms with Gasteiger partial charge in [0.05, 0.1) is 0 Å². The number of piperidine rings is 1. The van der Waals surface area contributed by atoms with Gasteiger partial charge in [0.1, 0.15) is 0 Å². The second kappa shape index (κ2) is 9.29. The number of halogens is 1. The molecule has 1 aliphatic heterocycles. The Morgan fingerprint density at radius 2 is 1.96 bits per heavy atom. The highest BCUT2D eigenvalue weighted by Crippen LogP contribution is 2.23. The van der Waals surface area contributed by atoms with Crippen molar-refractivity contribution in [3.05, 3.63) is 35.4 Å². The Bertz CT molecular complexity index is 487. The Kier molecular flexibility index (Phi) is 8.07. The van der Waals surface area contributed by atoms with Crippen LogP contribution in [0.15, 0.2) is 24.3 Å². The smallest absolute Gasteiger partial charge is 0.223 e. The first-order valence-corrected chi connectivity index (χ1v) is 8.59. The molecule has 130 valence electrons. The van der Waals surface area contributed by atoms with Gasteiger partial charge < -0.3 is 10.6 Å². The molecule has 1 heterocycles. The first-order chi connectivity index (χ1) is 10.5. The van der Waals surface area contributed by atoms with E-state index in [4.69, 9.17) is 5.73 Å². The predicted molar refractivity (Wildman–Crippen MR) is 99.1 cm³/mol. The third-order valence-electron chi connectivity index (χ3n) is 4.84. The molecule has 1 fully saturated rings. The van der Waals surface area contributed by atoms with Gasteiger partial charge in [-0.2, -0.15) is 0 Å². The third kappa shape index (κ3) is 5.50. The normalized spacial score (nSPS) is 21.2. The summed E-state index contributed by atoms with van der Waals surface area (Å²) in [4.78, 5) is 14.5. The minimum atomic E-state index is 0. The molecule has 0 aliphatic carbocycles. The zero-order valence-electron chi connectivity index (χ0n) is 14.6. The van der Waals surface area contributed by atoms with Gasteiger partial charge in [0.2, 0.25) is 5.91 Å². The third-order valence-corrected chi connectivity index (χ3v) is 4.84. The molecule has 1 aliphatic rings. The number of hydrogen-bond acceptors (Lipinski definition) is 2. The van der Waals surface area contributed by atoms with E-state index in [0.717, 1.165) is 25.8 Å². The number of hydrogen-bond donors (Lipinski definition) is 1. The predicted octanol–water partition coefficient (Wildman–Crippen LogP) is 3.75. The number of aryl methyl sites for hydroxylation is 1. The van der Waals surface area contributed by atoms with Gasteiger partial charge in [0, 0.05) is 25.6 Å². The maximum absolute atomic E-state index is 12.5. The summed E-state index contributed by atoms with van der Waals surface area (Å²) in [6.07, 6.45) is 3.56. The lowest BCUT2D eigenvalue weighted by atomic mass is 9.92. The Morgan fingerprint density at radius 3 is 2.52 bits per heavy atom. The summed E-state index contributed by atoms with van der Waals surface area (Å²) in [6.45, 7) is 8.10. The average molecular weight is 339 g/mol. The Hall–Kier alpha value is -1.06. The van der Waals surface area contributed by atoms with Crippen molar-refractivity contribution in [3.8, 4) is 0 Å². The van der Waals surface area contributed by atoms with Crippen LogP contribution >= 0.6 is 12.4 Å². The van der Waals surface area contributed by atoms with Gasteiger partial charge in [-0.25, -0.2) is 0 Å². The molecule has 1 aromatic carbocycles. The fourth-order valence-corrected chi connectivity index (χ4v) is 3.27. The van der Waals surface area contributed by atoms with Gasteiger partial charge in [-0.15, -0.1) is 12.4 Å². The van der Waals surface area contributed by atoms with Crippen LogP contribution in [0.3, 0.4) is 0 Å². The van der Waals surface area contributed by atoms with Gasteiger partial charge in [-0.1, -0.05) is 45.0 Å². The summed E-state index contributed by atoms with van der Waals surface area (Å²) in [6, 6.07) is 8.90. The van der Waals surface area contributed by atoms with Crippen molar-refractivity contribution in [3.63, 3.8) is 0 Å². The van der Waals surface area contributed by atoms with Gasteiger partial charge >= 0.3 is 0 Å². The standard InChI is InChI=1S/C19H30N2O.ClH/c1-14(2)17-7-4-16(5-8-17)6-9-19(22)21-11-10-15(3)12-18(21)13-20;/h4-5,7-8,14-15,18H,6,9-13,20H2,1-3H3;1H. The highest BCUT2D eigenvalue weighted by molar-refractivity contribution is 5.85. The number of carbonyl (C=O) groups is 1. The van der Waals surface area contributed by atoms with E-state index in [2.05, 4.69) is 45.0 Å². The summed E-state index contributed by atoms with van der Waals surface area (Å²) >= 11 is 0. The molecule has 1 aromatic rings. The van der Waals surface area contributed by atoms with E-state index in [1.54, 1.807) is 0 Å². The average Bonchev–Trinajstić information content (AvgIpc) is 2.52. The lowest BCUT2D eigenvalue weighted by molar-refractivity contribution is -0.135. The highest BCUT2D eigenvalue weighted by Gasteiger charge is 2.28. The van der Waals surface area contributed by atoms with Crippen LogP contribution in [0.25, 0.3) is 0 Å². The van der Waals surface area contributed by atoms with Crippen molar-refractivity contribution in [1.82, 2.24) is 4.90 Å². The number of nitrogens with zero attached hydrogens (tertiary/aromatic N) is 1. The molecule has 0 spiro atoms.